The number of hydrogen-bond donors (Lipinski definition) is 1. The lowest BCUT2D eigenvalue weighted by molar-refractivity contribution is -0.116. The minimum absolute atomic E-state index is 0.0344. The summed E-state index contributed by atoms with van der Waals surface area (Å²) < 4.78 is 10.7. The second kappa shape index (κ2) is 8.76. The van der Waals surface area contributed by atoms with Crippen LogP contribution in [0.1, 0.15) is 26.7 Å². The summed E-state index contributed by atoms with van der Waals surface area (Å²) in [5.74, 6) is 0.0344. The average molecular weight is 306 g/mol. The Hall–Kier alpha value is -1.59. The van der Waals surface area contributed by atoms with E-state index in [0.717, 1.165) is 31.9 Å². The van der Waals surface area contributed by atoms with E-state index < -0.39 is 0 Å². The fraction of sp³-hybridized carbons (Fsp3) is 0.588. The minimum atomic E-state index is 0.0344. The van der Waals surface area contributed by atoms with Crippen LogP contribution in [0.15, 0.2) is 24.3 Å². The molecular formula is C17H26N2O3. The average Bonchev–Trinajstić information content (AvgIpc) is 2.53. The van der Waals surface area contributed by atoms with E-state index >= 15 is 0 Å². The van der Waals surface area contributed by atoms with Crippen LogP contribution in [0.5, 0.6) is 0 Å². The molecule has 1 aromatic carbocycles. The molecule has 1 aromatic rings. The predicted molar refractivity (Wildman–Crippen MR) is 88.4 cm³/mol. The maximum absolute atomic E-state index is 11.8. The van der Waals surface area contributed by atoms with Crippen molar-refractivity contribution in [1.82, 2.24) is 0 Å². The fourth-order valence-corrected chi connectivity index (χ4v) is 2.55. The summed E-state index contributed by atoms with van der Waals surface area (Å²) in [5, 5.41) is 2.92. The van der Waals surface area contributed by atoms with Crippen molar-refractivity contribution in [2.75, 3.05) is 43.2 Å². The Morgan fingerprint density at radius 1 is 1.41 bits per heavy atom. The number of rotatable bonds is 7. The van der Waals surface area contributed by atoms with E-state index in [0.29, 0.717) is 25.7 Å². The zero-order chi connectivity index (χ0) is 15.8. The monoisotopic (exact) mass is 306 g/mol. The maximum Gasteiger partial charge on any atom is 0.224 e. The molecule has 122 valence electrons. The largest absolute Gasteiger partial charge is 0.382 e. The number of benzene rings is 1. The lowest BCUT2D eigenvalue weighted by atomic mass is 10.2. The fourth-order valence-electron chi connectivity index (χ4n) is 2.55. The third-order valence-corrected chi connectivity index (χ3v) is 3.75. The van der Waals surface area contributed by atoms with Crippen molar-refractivity contribution in [2.45, 2.75) is 32.7 Å². The van der Waals surface area contributed by atoms with Gasteiger partial charge in [0.25, 0.3) is 0 Å². The van der Waals surface area contributed by atoms with Crippen LogP contribution in [0.25, 0.3) is 0 Å². The predicted octanol–water partition coefficient (Wildman–Crippen LogP) is 2.67. The molecule has 0 aliphatic carbocycles. The lowest BCUT2D eigenvalue weighted by Crippen LogP contribution is -2.43. The SMILES string of the molecule is CCOCCCC(=O)Nc1ccc(N2CCOC[C@H]2C)cc1. The molecule has 1 aliphatic rings. The van der Waals surface area contributed by atoms with Crippen molar-refractivity contribution < 1.29 is 14.3 Å². The normalized spacial score (nSPS) is 18.3. The van der Waals surface area contributed by atoms with Crippen molar-refractivity contribution in [3.63, 3.8) is 0 Å². The summed E-state index contributed by atoms with van der Waals surface area (Å²) in [7, 11) is 0. The zero-order valence-corrected chi connectivity index (χ0v) is 13.5. The van der Waals surface area contributed by atoms with E-state index in [1.165, 1.54) is 5.69 Å². The van der Waals surface area contributed by atoms with E-state index in [9.17, 15) is 4.79 Å². The molecule has 22 heavy (non-hydrogen) atoms. The standard InChI is InChI=1S/C17H26N2O3/c1-3-21-11-4-5-17(20)18-15-6-8-16(9-7-15)19-10-12-22-13-14(19)2/h6-9,14H,3-5,10-13H2,1-2H3,(H,18,20)/t14-/m1/s1. The van der Waals surface area contributed by atoms with Crippen molar-refractivity contribution in [3.05, 3.63) is 24.3 Å². The first-order valence-corrected chi connectivity index (χ1v) is 8.02. The summed E-state index contributed by atoms with van der Waals surface area (Å²) >= 11 is 0. The first-order chi connectivity index (χ1) is 10.7. The van der Waals surface area contributed by atoms with E-state index in [4.69, 9.17) is 9.47 Å². The first kappa shape index (κ1) is 16.8. The van der Waals surface area contributed by atoms with Gasteiger partial charge >= 0.3 is 0 Å². The van der Waals surface area contributed by atoms with Gasteiger partial charge in [-0.25, -0.2) is 0 Å². The van der Waals surface area contributed by atoms with Crippen molar-refractivity contribution >= 4 is 17.3 Å². The number of anilines is 2. The van der Waals surface area contributed by atoms with Gasteiger partial charge in [0.15, 0.2) is 0 Å². The van der Waals surface area contributed by atoms with Gasteiger partial charge < -0.3 is 19.7 Å². The quantitative estimate of drug-likeness (QED) is 0.787. The minimum Gasteiger partial charge on any atom is -0.382 e. The Kier molecular flexibility index (Phi) is 6.68. The van der Waals surface area contributed by atoms with E-state index in [2.05, 4.69) is 29.3 Å². The Morgan fingerprint density at radius 3 is 2.86 bits per heavy atom. The van der Waals surface area contributed by atoms with E-state index in [-0.39, 0.29) is 5.91 Å². The molecule has 1 heterocycles. The molecule has 1 amide bonds. The molecule has 0 radical (unpaired) electrons. The highest BCUT2D eigenvalue weighted by Crippen LogP contribution is 2.22. The van der Waals surface area contributed by atoms with Crippen LogP contribution in [0.2, 0.25) is 0 Å². The Morgan fingerprint density at radius 2 is 2.18 bits per heavy atom. The lowest BCUT2D eigenvalue weighted by Gasteiger charge is -2.35. The van der Waals surface area contributed by atoms with Crippen LogP contribution in [0, 0.1) is 0 Å². The van der Waals surface area contributed by atoms with Gasteiger partial charge in [0, 0.05) is 43.6 Å². The van der Waals surface area contributed by atoms with E-state index in [1.807, 2.05) is 19.1 Å². The Bertz CT molecular complexity index is 461. The molecule has 0 bridgehead atoms. The first-order valence-electron chi connectivity index (χ1n) is 8.02. The molecule has 0 aromatic heterocycles. The third-order valence-electron chi connectivity index (χ3n) is 3.75. The number of hydrogen-bond acceptors (Lipinski definition) is 4. The summed E-state index contributed by atoms with van der Waals surface area (Å²) in [6.45, 7) is 7.89. The second-order valence-corrected chi connectivity index (χ2v) is 5.51. The third kappa shape index (κ3) is 5.00. The second-order valence-electron chi connectivity index (χ2n) is 5.51. The van der Waals surface area contributed by atoms with Gasteiger partial charge in [0.1, 0.15) is 0 Å². The summed E-state index contributed by atoms with van der Waals surface area (Å²) in [5.41, 5.74) is 2.01. The summed E-state index contributed by atoms with van der Waals surface area (Å²) in [6.07, 6.45) is 1.24. The summed E-state index contributed by atoms with van der Waals surface area (Å²) in [6, 6.07) is 8.40. The number of amides is 1. The molecule has 1 N–H and O–H groups in total. The number of nitrogens with zero attached hydrogens (tertiary/aromatic N) is 1. The van der Waals surface area contributed by atoms with Crippen LogP contribution in [0.3, 0.4) is 0 Å². The van der Waals surface area contributed by atoms with Crippen LogP contribution in [-0.4, -0.2) is 44.9 Å². The van der Waals surface area contributed by atoms with Crippen LogP contribution < -0.4 is 10.2 Å². The van der Waals surface area contributed by atoms with Gasteiger partial charge in [0.05, 0.1) is 13.2 Å². The van der Waals surface area contributed by atoms with E-state index in [1.54, 1.807) is 0 Å². The maximum atomic E-state index is 11.8. The van der Waals surface area contributed by atoms with Crippen LogP contribution >= 0.6 is 0 Å². The molecule has 5 nitrogen and oxygen atoms in total. The van der Waals surface area contributed by atoms with Gasteiger partial charge in [0.2, 0.25) is 5.91 Å². The Labute approximate surface area is 132 Å². The topological polar surface area (TPSA) is 50.8 Å². The number of nitrogens with one attached hydrogen (secondary N) is 1. The molecule has 1 fully saturated rings. The molecule has 5 heteroatoms. The molecule has 0 spiro atoms. The molecule has 0 unspecified atom stereocenters. The zero-order valence-electron chi connectivity index (χ0n) is 13.5. The Balaban J connectivity index is 1.82. The van der Waals surface area contributed by atoms with Crippen molar-refractivity contribution in [2.24, 2.45) is 0 Å². The molecular weight excluding hydrogens is 280 g/mol. The molecule has 2 rings (SSSR count). The van der Waals surface area contributed by atoms with Crippen molar-refractivity contribution in [3.8, 4) is 0 Å². The number of carbonyl (C=O) groups excluding carboxylic acids is 1. The van der Waals surface area contributed by atoms with Crippen molar-refractivity contribution in [1.29, 1.82) is 0 Å². The smallest absolute Gasteiger partial charge is 0.224 e. The number of ether oxygens (including phenoxy) is 2. The molecule has 1 aliphatic heterocycles. The number of morpholine rings is 1. The highest BCUT2D eigenvalue weighted by Gasteiger charge is 2.18. The number of carbonyl (C=O) groups is 1. The molecule has 0 saturated carbocycles. The molecule has 1 saturated heterocycles. The van der Waals surface area contributed by atoms with Gasteiger partial charge in [-0.3, -0.25) is 4.79 Å². The highest BCUT2D eigenvalue weighted by atomic mass is 16.5. The summed E-state index contributed by atoms with van der Waals surface area (Å²) in [4.78, 5) is 14.2. The van der Waals surface area contributed by atoms with Crippen LogP contribution in [-0.2, 0) is 14.3 Å². The van der Waals surface area contributed by atoms with Crippen LogP contribution in [0.4, 0.5) is 11.4 Å². The van der Waals surface area contributed by atoms with Gasteiger partial charge in [-0.2, -0.15) is 0 Å². The van der Waals surface area contributed by atoms with Gasteiger partial charge in [-0.15, -0.1) is 0 Å². The molecule has 1 atom stereocenters. The van der Waals surface area contributed by atoms with Gasteiger partial charge in [-0.05, 0) is 44.5 Å². The highest BCUT2D eigenvalue weighted by molar-refractivity contribution is 5.90. The van der Waals surface area contributed by atoms with Gasteiger partial charge in [-0.1, -0.05) is 0 Å².